The Balaban J connectivity index is 1.89. The molecule has 1 amide bonds. The second kappa shape index (κ2) is 6.57. The number of ketones is 1. The summed E-state index contributed by atoms with van der Waals surface area (Å²) in [6.07, 6.45) is 2.58. The van der Waals surface area contributed by atoms with E-state index in [0.717, 1.165) is 6.07 Å². The molecular formula is C20H17F2N3O2. The molecule has 7 heteroatoms. The first-order chi connectivity index (χ1) is 13.0. The average molecular weight is 369 g/mol. The third-order valence-electron chi connectivity index (χ3n) is 5.01. The Morgan fingerprint density at radius 1 is 1.19 bits per heavy atom. The summed E-state index contributed by atoms with van der Waals surface area (Å²) in [6, 6.07) is 8.01. The fraction of sp³-hybridized carbons (Fsp3) is 0.250. The first kappa shape index (κ1) is 17.3. The third kappa shape index (κ3) is 2.70. The van der Waals surface area contributed by atoms with Crippen molar-refractivity contribution in [2.24, 2.45) is 5.92 Å². The van der Waals surface area contributed by atoms with E-state index in [1.54, 1.807) is 18.2 Å². The van der Waals surface area contributed by atoms with Gasteiger partial charge < -0.3 is 4.98 Å². The SMILES string of the molecule is CCCC1C(=O)C(=O)N(c2ccc3nc[nH]c3c2)C1c1cccc(F)c1F. The molecule has 4 rings (SSSR count). The highest BCUT2D eigenvalue weighted by Crippen LogP contribution is 2.43. The maximum absolute atomic E-state index is 14.6. The number of nitrogens with one attached hydrogen (secondary N) is 1. The molecule has 1 saturated heterocycles. The summed E-state index contributed by atoms with van der Waals surface area (Å²) < 4.78 is 28.4. The molecule has 3 aromatic rings. The van der Waals surface area contributed by atoms with Gasteiger partial charge in [-0.15, -0.1) is 0 Å². The summed E-state index contributed by atoms with van der Waals surface area (Å²) in [6.45, 7) is 1.88. The number of carbonyl (C=O) groups excluding carboxylic acids is 2. The molecule has 2 atom stereocenters. The van der Waals surface area contributed by atoms with Gasteiger partial charge in [-0.05, 0) is 30.7 Å². The van der Waals surface area contributed by atoms with Crippen molar-refractivity contribution in [3.63, 3.8) is 0 Å². The Morgan fingerprint density at radius 2 is 2.00 bits per heavy atom. The zero-order valence-electron chi connectivity index (χ0n) is 14.6. The van der Waals surface area contributed by atoms with E-state index in [0.29, 0.717) is 29.6 Å². The number of anilines is 1. The summed E-state index contributed by atoms with van der Waals surface area (Å²) in [4.78, 5) is 33.8. The van der Waals surface area contributed by atoms with Gasteiger partial charge >= 0.3 is 0 Å². The predicted octanol–water partition coefficient (Wildman–Crippen LogP) is 3.91. The monoisotopic (exact) mass is 369 g/mol. The van der Waals surface area contributed by atoms with Gasteiger partial charge in [0.25, 0.3) is 5.91 Å². The lowest BCUT2D eigenvalue weighted by Gasteiger charge is -2.28. The number of hydrogen-bond donors (Lipinski definition) is 1. The lowest BCUT2D eigenvalue weighted by Crippen LogP contribution is -2.30. The van der Waals surface area contributed by atoms with Gasteiger partial charge in [0.2, 0.25) is 5.78 Å². The number of nitrogens with zero attached hydrogens (tertiary/aromatic N) is 2. The third-order valence-corrected chi connectivity index (χ3v) is 5.01. The number of rotatable bonds is 4. The average Bonchev–Trinajstić information content (AvgIpc) is 3.22. The van der Waals surface area contributed by atoms with Crippen LogP contribution in [-0.4, -0.2) is 21.7 Å². The van der Waals surface area contributed by atoms with E-state index in [-0.39, 0.29) is 5.56 Å². The fourth-order valence-corrected chi connectivity index (χ4v) is 3.78. The molecular weight excluding hydrogens is 352 g/mol. The van der Waals surface area contributed by atoms with Crippen LogP contribution in [-0.2, 0) is 9.59 Å². The highest BCUT2D eigenvalue weighted by Gasteiger charge is 2.49. The van der Waals surface area contributed by atoms with Gasteiger partial charge in [0.05, 0.1) is 29.3 Å². The van der Waals surface area contributed by atoms with Crippen LogP contribution in [0, 0.1) is 17.6 Å². The first-order valence-electron chi connectivity index (χ1n) is 8.77. The van der Waals surface area contributed by atoms with Gasteiger partial charge in [-0.1, -0.05) is 25.5 Å². The predicted molar refractivity (Wildman–Crippen MR) is 96.1 cm³/mol. The van der Waals surface area contributed by atoms with Crippen molar-refractivity contribution in [1.29, 1.82) is 0 Å². The number of hydrogen-bond acceptors (Lipinski definition) is 3. The van der Waals surface area contributed by atoms with Crippen LogP contribution in [0.4, 0.5) is 14.5 Å². The highest BCUT2D eigenvalue weighted by molar-refractivity contribution is 6.45. The summed E-state index contributed by atoms with van der Waals surface area (Å²) in [5, 5.41) is 0. The van der Waals surface area contributed by atoms with E-state index in [2.05, 4.69) is 9.97 Å². The molecule has 0 radical (unpaired) electrons. The Hall–Kier alpha value is -3.09. The van der Waals surface area contributed by atoms with Crippen LogP contribution >= 0.6 is 0 Å². The lowest BCUT2D eigenvalue weighted by atomic mass is 9.89. The largest absolute Gasteiger partial charge is 0.345 e. The summed E-state index contributed by atoms with van der Waals surface area (Å²) in [5.74, 6) is -4.04. The van der Waals surface area contributed by atoms with Crippen LogP contribution in [0.25, 0.3) is 11.0 Å². The number of amides is 1. The minimum Gasteiger partial charge on any atom is -0.345 e. The number of imidazole rings is 1. The molecule has 2 unspecified atom stereocenters. The van der Waals surface area contributed by atoms with Gasteiger partial charge in [0, 0.05) is 11.3 Å². The van der Waals surface area contributed by atoms with E-state index in [9.17, 15) is 18.4 Å². The molecule has 0 bridgehead atoms. The Morgan fingerprint density at radius 3 is 2.78 bits per heavy atom. The van der Waals surface area contributed by atoms with Crippen LogP contribution in [0.2, 0.25) is 0 Å². The number of fused-ring (bicyclic) bond motifs is 1. The van der Waals surface area contributed by atoms with E-state index in [1.807, 2.05) is 6.92 Å². The van der Waals surface area contributed by atoms with E-state index < -0.39 is 35.3 Å². The van der Waals surface area contributed by atoms with Crippen LogP contribution in [0.1, 0.15) is 31.4 Å². The van der Waals surface area contributed by atoms with Crippen molar-refractivity contribution in [2.45, 2.75) is 25.8 Å². The van der Waals surface area contributed by atoms with Gasteiger partial charge in [0.1, 0.15) is 0 Å². The van der Waals surface area contributed by atoms with Crippen molar-refractivity contribution in [1.82, 2.24) is 9.97 Å². The number of halogens is 2. The number of aromatic amines is 1. The van der Waals surface area contributed by atoms with Gasteiger partial charge in [-0.25, -0.2) is 13.8 Å². The van der Waals surface area contributed by atoms with Crippen molar-refractivity contribution in [3.8, 4) is 0 Å². The van der Waals surface area contributed by atoms with E-state index in [4.69, 9.17) is 0 Å². The van der Waals surface area contributed by atoms with Crippen LogP contribution in [0.5, 0.6) is 0 Å². The van der Waals surface area contributed by atoms with Crippen LogP contribution < -0.4 is 4.90 Å². The van der Waals surface area contributed by atoms with Crippen LogP contribution in [0.3, 0.4) is 0 Å². The summed E-state index contributed by atoms with van der Waals surface area (Å²) >= 11 is 0. The first-order valence-corrected chi connectivity index (χ1v) is 8.77. The van der Waals surface area contributed by atoms with Crippen molar-refractivity contribution >= 4 is 28.4 Å². The number of H-pyrrole nitrogens is 1. The molecule has 1 aliphatic rings. The van der Waals surface area contributed by atoms with E-state index in [1.165, 1.54) is 23.4 Å². The van der Waals surface area contributed by atoms with Gasteiger partial charge in [-0.2, -0.15) is 0 Å². The number of aromatic nitrogens is 2. The molecule has 0 saturated carbocycles. The normalized spacial score (nSPS) is 20.0. The van der Waals surface area contributed by atoms with Crippen molar-refractivity contribution in [3.05, 3.63) is 59.9 Å². The molecule has 2 aromatic carbocycles. The number of benzene rings is 2. The van der Waals surface area contributed by atoms with E-state index >= 15 is 0 Å². The fourth-order valence-electron chi connectivity index (χ4n) is 3.78. The van der Waals surface area contributed by atoms with Crippen molar-refractivity contribution in [2.75, 3.05) is 4.90 Å². The van der Waals surface area contributed by atoms with Crippen LogP contribution in [0.15, 0.2) is 42.7 Å². The number of carbonyl (C=O) groups is 2. The smallest absolute Gasteiger partial charge is 0.295 e. The lowest BCUT2D eigenvalue weighted by molar-refractivity contribution is -0.135. The standard InChI is InChI=1S/C20H17F2N3O2/c1-2-4-13-18(12-5-3-6-14(21)17(12)22)25(20(27)19(13)26)11-7-8-15-16(9-11)24-10-23-15/h3,5-10,13,18H,2,4H2,1H3,(H,23,24). The second-order valence-electron chi connectivity index (χ2n) is 6.63. The van der Waals surface area contributed by atoms with Gasteiger partial charge in [-0.3, -0.25) is 14.5 Å². The minimum atomic E-state index is -1.03. The maximum Gasteiger partial charge on any atom is 0.295 e. The molecule has 1 N–H and O–H groups in total. The van der Waals surface area contributed by atoms with Crippen molar-refractivity contribution < 1.29 is 18.4 Å². The topological polar surface area (TPSA) is 66.1 Å². The molecule has 1 aliphatic heterocycles. The Bertz CT molecular complexity index is 1050. The summed E-state index contributed by atoms with van der Waals surface area (Å²) in [5.41, 5.74) is 1.84. The highest BCUT2D eigenvalue weighted by atomic mass is 19.2. The second-order valence-corrected chi connectivity index (χ2v) is 6.63. The zero-order valence-corrected chi connectivity index (χ0v) is 14.6. The molecule has 27 heavy (non-hydrogen) atoms. The molecule has 0 aliphatic carbocycles. The Labute approximate surface area is 154 Å². The summed E-state index contributed by atoms with van der Waals surface area (Å²) in [7, 11) is 0. The molecule has 1 aromatic heterocycles. The number of Topliss-reactive ketones (excluding diaryl/α,β-unsaturated/α-hetero) is 1. The molecule has 138 valence electrons. The molecule has 0 spiro atoms. The quantitative estimate of drug-likeness (QED) is 0.709. The molecule has 5 nitrogen and oxygen atoms in total. The Kier molecular flexibility index (Phi) is 4.22. The minimum absolute atomic E-state index is 0.0114. The molecule has 1 fully saturated rings. The molecule has 2 heterocycles. The zero-order chi connectivity index (χ0) is 19.1. The maximum atomic E-state index is 14.6. The van der Waals surface area contributed by atoms with Gasteiger partial charge in [0.15, 0.2) is 11.6 Å².